The van der Waals surface area contributed by atoms with Gasteiger partial charge in [-0.15, -0.1) is 11.6 Å². The van der Waals surface area contributed by atoms with Gasteiger partial charge < -0.3 is 24.1 Å². The summed E-state index contributed by atoms with van der Waals surface area (Å²) in [6.07, 6.45) is 0.390. The van der Waals surface area contributed by atoms with E-state index in [0.717, 1.165) is 6.07 Å². The number of alkyl carbamates (subject to hydrolysis) is 1. The molecule has 0 aliphatic carbocycles. The summed E-state index contributed by atoms with van der Waals surface area (Å²) in [7, 11) is -2.41. The molecule has 2 atom stereocenters. The minimum absolute atomic E-state index is 0.0430. The molecular formula is C24H33ClN3O10P. The van der Waals surface area contributed by atoms with Gasteiger partial charge in [0.25, 0.3) is 0 Å². The minimum atomic E-state index is -3.96. The summed E-state index contributed by atoms with van der Waals surface area (Å²) in [5, 5.41) is 22.7. The lowest BCUT2D eigenvalue weighted by Crippen LogP contribution is -2.44. The second kappa shape index (κ2) is 14.3. The molecule has 1 heterocycles. The number of alkyl halides is 1. The van der Waals surface area contributed by atoms with Gasteiger partial charge in [-0.25, -0.2) is 18.8 Å². The number of carbonyl (C=O) groups excluding carboxylic acids is 1. The van der Waals surface area contributed by atoms with Gasteiger partial charge in [0.05, 0.1) is 6.07 Å². The highest BCUT2D eigenvalue weighted by Gasteiger charge is 2.33. The van der Waals surface area contributed by atoms with E-state index in [2.05, 4.69) is 5.32 Å². The van der Waals surface area contributed by atoms with Gasteiger partial charge in [0.2, 0.25) is 0 Å². The number of carbonyl (C=O) groups is 2. The number of ether oxygens (including phenoxy) is 1. The lowest BCUT2D eigenvalue weighted by atomic mass is 10.1. The average molecular weight is 590 g/mol. The Kier molecular flexibility index (Phi) is 11.8. The summed E-state index contributed by atoms with van der Waals surface area (Å²) in [5.41, 5.74) is -0.231. The van der Waals surface area contributed by atoms with Crippen molar-refractivity contribution < 1.29 is 42.4 Å². The number of amides is 1. The van der Waals surface area contributed by atoms with Crippen LogP contribution in [0.15, 0.2) is 40.8 Å². The van der Waals surface area contributed by atoms with Crippen LogP contribution in [0.25, 0.3) is 0 Å². The summed E-state index contributed by atoms with van der Waals surface area (Å²) in [5.74, 6) is -1.03. The highest BCUT2D eigenvalue weighted by atomic mass is 35.5. The van der Waals surface area contributed by atoms with E-state index in [1.807, 2.05) is 0 Å². The number of hydrogen-bond acceptors (Lipinski definition) is 9. The van der Waals surface area contributed by atoms with Crippen molar-refractivity contribution in [3.05, 3.63) is 57.8 Å². The highest BCUT2D eigenvalue weighted by Crippen LogP contribution is 2.52. The Morgan fingerprint density at radius 1 is 1.21 bits per heavy atom. The van der Waals surface area contributed by atoms with Gasteiger partial charge in [-0.05, 0) is 64.4 Å². The van der Waals surface area contributed by atoms with E-state index in [4.69, 9.17) is 29.8 Å². The van der Waals surface area contributed by atoms with Crippen molar-refractivity contribution in [1.82, 2.24) is 9.99 Å². The van der Waals surface area contributed by atoms with Gasteiger partial charge in [-0.2, -0.15) is 0 Å². The molecule has 0 aliphatic rings. The molecule has 0 spiro atoms. The van der Waals surface area contributed by atoms with Crippen LogP contribution in [0.5, 0.6) is 5.75 Å². The number of unbranched alkanes of at least 4 members (excludes halogenated alkanes) is 1. The fourth-order valence-electron chi connectivity index (χ4n) is 3.14. The smallest absolute Gasteiger partial charge is 0.461 e. The van der Waals surface area contributed by atoms with Crippen LogP contribution in [0.4, 0.5) is 10.7 Å². The van der Waals surface area contributed by atoms with Crippen molar-refractivity contribution in [2.45, 2.75) is 58.3 Å². The Hall–Kier alpha value is -3.12. The molecule has 1 aromatic carbocycles. The number of carboxylic acids is 1. The van der Waals surface area contributed by atoms with E-state index in [0.29, 0.717) is 30.8 Å². The van der Waals surface area contributed by atoms with Gasteiger partial charge in [-0.1, -0.05) is 12.1 Å². The quantitative estimate of drug-likeness (QED) is 0.0900. The third-order valence-electron chi connectivity index (χ3n) is 5.05. The van der Waals surface area contributed by atoms with E-state index < -0.39 is 42.3 Å². The van der Waals surface area contributed by atoms with E-state index >= 15 is 0 Å². The zero-order valence-electron chi connectivity index (χ0n) is 22.1. The zero-order valence-corrected chi connectivity index (χ0v) is 23.8. The van der Waals surface area contributed by atoms with E-state index in [9.17, 15) is 29.4 Å². The molecule has 0 saturated carbocycles. The largest absolute Gasteiger partial charge is 0.480 e. The van der Waals surface area contributed by atoms with Crippen molar-refractivity contribution in [2.24, 2.45) is 0 Å². The number of rotatable bonds is 15. The van der Waals surface area contributed by atoms with Crippen molar-refractivity contribution >= 4 is 37.3 Å². The summed E-state index contributed by atoms with van der Waals surface area (Å²) in [6.45, 7) is 4.97. The molecule has 13 nitrogen and oxygen atoms in total. The molecule has 0 bridgehead atoms. The zero-order chi connectivity index (χ0) is 29.2. The van der Waals surface area contributed by atoms with Crippen LogP contribution < -0.4 is 9.84 Å². The predicted octanol–water partition coefficient (Wildman–Crippen LogP) is 5.36. The van der Waals surface area contributed by atoms with Crippen molar-refractivity contribution in [1.29, 1.82) is 0 Å². The Balaban J connectivity index is 2.13. The minimum Gasteiger partial charge on any atom is -0.480 e. The maximum absolute atomic E-state index is 13.7. The number of nitrogens with one attached hydrogen (secondary N) is 1. The lowest BCUT2D eigenvalue weighted by molar-refractivity contribution is -0.402. The molecule has 216 valence electrons. The van der Waals surface area contributed by atoms with E-state index in [-0.39, 0.29) is 24.5 Å². The standard InChI is InChI=1S/C24H33ClN3O10P/c1-24(2,3)37-23(31)26-20(22(29)30)15-17-7-9-18(10-8-17)38-39(34,27(4)14-6-5-13-25)35-16-19-11-12-21(36-19)28(32)33/h7-12,20H,5-6,13-16H2,1-4H3,(H,26,31)(H,29,30). The number of hydrogen-bond donors (Lipinski definition) is 2. The maximum atomic E-state index is 13.7. The number of nitro groups is 1. The summed E-state index contributed by atoms with van der Waals surface area (Å²) in [6, 6.07) is 7.37. The Morgan fingerprint density at radius 2 is 1.87 bits per heavy atom. The highest BCUT2D eigenvalue weighted by molar-refractivity contribution is 7.51. The number of benzene rings is 1. The molecule has 0 saturated heterocycles. The van der Waals surface area contributed by atoms with Crippen LogP contribution >= 0.6 is 19.3 Å². The van der Waals surface area contributed by atoms with Crippen LogP contribution in [-0.4, -0.2) is 57.9 Å². The first-order chi connectivity index (χ1) is 18.2. The van der Waals surface area contributed by atoms with Crippen LogP contribution in [0.1, 0.15) is 44.9 Å². The van der Waals surface area contributed by atoms with Crippen molar-refractivity contribution in [2.75, 3.05) is 19.5 Å². The van der Waals surface area contributed by atoms with Crippen LogP contribution in [0.2, 0.25) is 0 Å². The van der Waals surface area contributed by atoms with Crippen LogP contribution in [0.3, 0.4) is 0 Å². The molecule has 0 fully saturated rings. The molecule has 2 aromatic rings. The summed E-state index contributed by atoms with van der Waals surface area (Å²) in [4.78, 5) is 33.8. The Bertz CT molecular complexity index is 1170. The predicted molar refractivity (Wildman–Crippen MR) is 142 cm³/mol. The molecule has 15 heteroatoms. The van der Waals surface area contributed by atoms with Gasteiger partial charge in [0.1, 0.15) is 34.7 Å². The maximum Gasteiger partial charge on any atom is 0.461 e. The first-order valence-corrected chi connectivity index (χ1v) is 14.0. The first-order valence-electron chi connectivity index (χ1n) is 12.0. The molecule has 2 N–H and O–H groups in total. The monoisotopic (exact) mass is 589 g/mol. The van der Waals surface area contributed by atoms with Gasteiger partial charge in [-0.3, -0.25) is 14.6 Å². The third-order valence-corrected chi connectivity index (χ3v) is 7.25. The molecule has 0 aliphatic heterocycles. The lowest BCUT2D eigenvalue weighted by Gasteiger charge is -2.27. The number of nitrogens with zero attached hydrogens (tertiary/aromatic N) is 2. The fraction of sp³-hybridized carbons (Fsp3) is 0.500. The van der Waals surface area contributed by atoms with Crippen LogP contribution in [-0.2, 0) is 31.6 Å². The third kappa shape index (κ3) is 10.9. The Labute approximate surface area is 231 Å². The summed E-state index contributed by atoms with van der Waals surface area (Å²) < 4.78 is 36.6. The Morgan fingerprint density at radius 3 is 2.41 bits per heavy atom. The van der Waals surface area contributed by atoms with Gasteiger partial charge in [0, 0.05) is 18.8 Å². The topological polar surface area (TPSA) is 171 Å². The van der Waals surface area contributed by atoms with Gasteiger partial charge >= 0.3 is 25.7 Å². The fourth-order valence-corrected chi connectivity index (χ4v) is 4.79. The molecule has 1 amide bonds. The first kappa shape index (κ1) is 32.1. The van der Waals surface area contributed by atoms with E-state index in [1.54, 1.807) is 40.0 Å². The number of halogens is 1. The molecular weight excluding hydrogens is 557 g/mol. The molecule has 2 unspecified atom stereocenters. The molecule has 2 rings (SSSR count). The second-order valence-electron chi connectivity index (χ2n) is 9.49. The number of carboxylic acid groups (broad SMARTS) is 1. The number of aliphatic carboxylic acids is 1. The van der Waals surface area contributed by atoms with Crippen molar-refractivity contribution in [3.63, 3.8) is 0 Å². The average Bonchev–Trinajstić information content (AvgIpc) is 3.32. The normalized spacial score (nSPS) is 13.9. The SMILES string of the molecule is CN(CCCCCl)P(=O)(OCc1ccc([N+](=O)[O-])o1)Oc1ccc(CC(NC(=O)OC(C)(C)C)C(=O)O)cc1. The molecule has 1 aromatic heterocycles. The summed E-state index contributed by atoms with van der Waals surface area (Å²) >= 11 is 5.74. The van der Waals surface area contributed by atoms with Gasteiger partial charge in [0.15, 0.2) is 0 Å². The van der Waals surface area contributed by atoms with E-state index in [1.165, 1.54) is 22.9 Å². The number of furan rings is 1. The van der Waals surface area contributed by atoms with Crippen LogP contribution in [0, 0.1) is 10.1 Å². The van der Waals surface area contributed by atoms with Crippen molar-refractivity contribution in [3.8, 4) is 5.75 Å². The second-order valence-corrected chi connectivity index (χ2v) is 11.9. The molecule has 39 heavy (non-hydrogen) atoms. The molecule has 0 radical (unpaired) electrons.